The Kier molecular flexibility index (Phi) is 8.94. The highest BCUT2D eigenvalue weighted by Gasteiger charge is 2.39. The predicted molar refractivity (Wildman–Crippen MR) is 154 cm³/mol. The van der Waals surface area contributed by atoms with Crippen LogP contribution in [0.15, 0.2) is 55.1 Å². The molecule has 3 atom stereocenters. The maximum absolute atomic E-state index is 13.4. The lowest BCUT2D eigenvalue weighted by Crippen LogP contribution is -2.45. The number of morpholine rings is 1. The summed E-state index contributed by atoms with van der Waals surface area (Å²) in [6.07, 6.45) is 6.98. The predicted octanol–water partition coefficient (Wildman–Crippen LogP) is 4.41. The van der Waals surface area contributed by atoms with E-state index in [9.17, 15) is 9.90 Å². The first-order chi connectivity index (χ1) is 18.6. The number of aliphatic hydroxyl groups excluding tert-OH is 1. The fourth-order valence-corrected chi connectivity index (χ4v) is 5.34. The van der Waals surface area contributed by atoms with Crippen LogP contribution in [0.4, 0.5) is 10.6 Å². The molecule has 3 unspecified atom stereocenters. The largest absolute Gasteiger partial charge is 0.474 e. The van der Waals surface area contributed by atoms with Crippen LogP contribution in [0.25, 0.3) is 5.70 Å². The molecule has 1 aromatic heterocycles. The van der Waals surface area contributed by atoms with E-state index in [4.69, 9.17) is 9.47 Å². The van der Waals surface area contributed by atoms with E-state index in [1.54, 1.807) is 16.8 Å². The molecule has 9 nitrogen and oxygen atoms in total. The summed E-state index contributed by atoms with van der Waals surface area (Å²) in [5, 5.41) is 21.7. The highest BCUT2D eigenvalue weighted by molar-refractivity contribution is 5.91. The van der Waals surface area contributed by atoms with Crippen molar-refractivity contribution in [3.8, 4) is 5.88 Å². The van der Waals surface area contributed by atoms with E-state index in [0.717, 1.165) is 29.9 Å². The van der Waals surface area contributed by atoms with Gasteiger partial charge in [0.1, 0.15) is 18.5 Å². The molecule has 0 radical (unpaired) electrons. The highest BCUT2D eigenvalue weighted by Crippen LogP contribution is 2.41. The number of ether oxygens (including phenoxy) is 2. The molecule has 3 N–H and O–H groups in total. The zero-order valence-electron chi connectivity index (χ0n) is 23.6. The van der Waals surface area contributed by atoms with Crippen LogP contribution in [0, 0.1) is 6.92 Å². The van der Waals surface area contributed by atoms with Crippen molar-refractivity contribution in [2.75, 3.05) is 38.7 Å². The molecule has 2 aromatic rings. The van der Waals surface area contributed by atoms with Gasteiger partial charge in [0, 0.05) is 13.1 Å². The van der Waals surface area contributed by atoms with Gasteiger partial charge in [-0.25, -0.2) is 9.48 Å². The molecule has 0 saturated carbocycles. The number of aliphatic hydroxyl groups is 1. The van der Waals surface area contributed by atoms with Crippen LogP contribution >= 0.6 is 0 Å². The molecular weight excluding hydrogens is 494 g/mol. The number of hydrogen-bond acceptors (Lipinski definition) is 6. The van der Waals surface area contributed by atoms with E-state index in [-0.39, 0.29) is 11.5 Å². The Hall–Kier alpha value is -3.40. The third-order valence-electron chi connectivity index (χ3n) is 7.42. The van der Waals surface area contributed by atoms with Crippen LogP contribution < -0.4 is 15.4 Å². The number of nitrogens with one attached hydrogen (secondary N) is 2. The minimum absolute atomic E-state index is 0.0630. The van der Waals surface area contributed by atoms with Crippen LogP contribution in [0.1, 0.15) is 49.9 Å². The first kappa shape index (κ1) is 28.6. The molecule has 1 aliphatic heterocycles. The number of nitrogens with zero attached hydrogens (tertiary/aromatic N) is 3. The van der Waals surface area contributed by atoms with Crippen molar-refractivity contribution in [1.29, 1.82) is 0 Å². The zero-order valence-corrected chi connectivity index (χ0v) is 23.6. The van der Waals surface area contributed by atoms with Gasteiger partial charge < -0.3 is 24.8 Å². The molecule has 1 aromatic carbocycles. The van der Waals surface area contributed by atoms with E-state index in [1.165, 1.54) is 0 Å². The monoisotopic (exact) mass is 535 g/mol. The standard InChI is InChI=1S/C30H41N5O4/c1-7-9-12-21(8-2)35-27(20(3)28(33-35)39-19-22-18-34(6)15-16-38-22)32-29(37)31-26-23-13-10-11-14-24(23)30(4,5)17-25(26)36/h7-14,22,25-26,36H,1,15-19H2,2-6H3,(H2,31,32,37). The first-order valence-corrected chi connectivity index (χ1v) is 13.5. The average molecular weight is 536 g/mol. The van der Waals surface area contributed by atoms with Gasteiger partial charge in [0.15, 0.2) is 0 Å². The zero-order chi connectivity index (χ0) is 28.2. The Morgan fingerprint density at radius 2 is 2.13 bits per heavy atom. The van der Waals surface area contributed by atoms with E-state index in [2.05, 4.69) is 54.2 Å². The van der Waals surface area contributed by atoms with Gasteiger partial charge in [-0.1, -0.05) is 62.9 Å². The third kappa shape index (κ3) is 6.43. The second kappa shape index (κ2) is 12.2. The van der Waals surface area contributed by atoms with Crippen LogP contribution in [0.5, 0.6) is 5.88 Å². The summed E-state index contributed by atoms with van der Waals surface area (Å²) < 4.78 is 13.6. The van der Waals surface area contributed by atoms with Crippen LogP contribution in [-0.2, 0) is 10.2 Å². The maximum Gasteiger partial charge on any atom is 0.320 e. The molecule has 39 heavy (non-hydrogen) atoms. The van der Waals surface area contributed by atoms with Gasteiger partial charge in [0.2, 0.25) is 5.88 Å². The van der Waals surface area contributed by atoms with Crippen LogP contribution in [0.3, 0.4) is 0 Å². The van der Waals surface area contributed by atoms with Crippen molar-refractivity contribution >= 4 is 17.5 Å². The number of allylic oxidation sites excluding steroid dienone is 5. The van der Waals surface area contributed by atoms with Gasteiger partial charge in [-0.2, -0.15) is 0 Å². The van der Waals surface area contributed by atoms with Gasteiger partial charge in [-0.15, -0.1) is 5.10 Å². The number of rotatable bonds is 8. The third-order valence-corrected chi connectivity index (χ3v) is 7.42. The summed E-state index contributed by atoms with van der Waals surface area (Å²) in [7, 11) is 2.06. The second-order valence-corrected chi connectivity index (χ2v) is 10.9. The highest BCUT2D eigenvalue weighted by atomic mass is 16.5. The molecule has 1 aliphatic carbocycles. The Morgan fingerprint density at radius 3 is 2.85 bits per heavy atom. The number of likely N-dealkylation sites (N-methyl/N-ethyl adjacent to an activating group) is 1. The molecule has 0 spiro atoms. The summed E-state index contributed by atoms with van der Waals surface area (Å²) in [4.78, 5) is 15.6. The van der Waals surface area contributed by atoms with Gasteiger partial charge in [-0.3, -0.25) is 5.32 Å². The smallest absolute Gasteiger partial charge is 0.320 e. The van der Waals surface area contributed by atoms with Crippen molar-refractivity contribution in [3.63, 3.8) is 0 Å². The van der Waals surface area contributed by atoms with Crippen molar-refractivity contribution in [3.05, 3.63) is 71.8 Å². The lowest BCUT2D eigenvalue weighted by atomic mass is 9.70. The van der Waals surface area contributed by atoms with Crippen molar-refractivity contribution in [2.45, 2.75) is 57.8 Å². The topological polar surface area (TPSA) is 101 Å². The average Bonchev–Trinajstić information content (AvgIpc) is 3.20. The Bertz CT molecular complexity index is 1250. The van der Waals surface area contributed by atoms with E-state index in [0.29, 0.717) is 36.9 Å². The molecule has 0 bridgehead atoms. The molecular formula is C30H41N5O4. The van der Waals surface area contributed by atoms with Gasteiger partial charge in [-0.05, 0) is 49.9 Å². The summed E-state index contributed by atoms with van der Waals surface area (Å²) in [6.45, 7) is 14.4. The summed E-state index contributed by atoms with van der Waals surface area (Å²) >= 11 is 0. The molecule has 9 heteroatoms. The van der Waals surface area contributed by atoms with Crippen LogP contribution in [0.2, 0.25) is 0 Å². The number of carbonyl (C=O) groups is 1. The Morgan fingerprint density at radius 1 is 1.36 bits per heavy atom. The minimum Gasteiger partial charge on any atom is -0.474 e. The molecule has 4 rings (SSSR count). The number of amides is 2. The number of anilines is 1. The number of benzene rings is 1. The maximum atomic E-state index is 13.4. The molecule has 1 saturated heterocycles. The molecule has 1 fully saturated rings. The number of carbonyl (C=O) groups excluding carboxylic acids is 1. The number of fused-ring (bicyclic) bond motifs is 1. The minimum atomic E-state index is -0.721. The fourth-order valence-electron chi connectivity index (χ4n) is 5.34. The van der Waals surface area contributed by atoms with E-state index in [1.807, 2.05) is 44.2 Å². The van der Waals surface area contributed by atoms with Gasteiger partial charge >= 0.3 is 6.03 Å². The number of aromatic nitrogens is 2. The molecule has 2 aliphatic rings. The molecule has 2 amide bonds. The molecule has 2 heterocycles. The van der Waals surface area contributed by atoms with Gasteiger partial charge in [0.05, 0.1) is 30.0 Å². The Labute approximate surface area is 231 Å². The van der Waals surface area contributed by atoms with E-state index < -0.39 is 18.2 Å². The summed E-state index contributed by atoms with van der Waals surface area (Å²) in [5.41, 5.74) is 3.28. The Balaban J connectivity index is 1.58. The first-order valence-electron chi connectivity index (χ1n) is 13.5. The second-order valence-electron chi connectivity index (χ2n) is 10.9. The van der Waals surface area contributed by atoms with Crippen LogP contribution in [-0.4, -0.2) is 71.4 Å². The van der Waals surface area contributed by atoms with E-state index >= 15 is 0 Å². The normalized spacial score (nSPS) is 23.3. The lowest BCUT2D eigenvalue weighted by Gasteiger charge is -2.40. The molecule has 210 valence electrons. The SMILES string of the molecule is C=CC=CC(=CC)n1nc(OCC2CN(C)CCO2)c(C)c1NC(=O)NC1c2ccccc2C(C)(C)CC1O. The van der Waals surface area contributed by atoms with Gasteiger partial charge in [0.25, 0.3) is 0 Å². The summed E-state index contributed by atoms with van der Waals surface area (Å²) in [6, 6.07) is 6.97. The quantitative estimate of drug-likeness (QED) is 0.433. The lowest BCUT2D eigenvalue weighted by molar-refractivity contribution is -0.0411. The summed E-state index contributed by atoms with van der Waals surface area (Å²) in [5.74, 6) is 0.892. The van der Waals surface area contributed by atoms with Crippen molar-refractivity contribution in [2.24, 2.45) is 0 Å². The van der Waals surface area contributed by atoms with Crippen molar-refractivity contribution in [1.82, 2.24) is 20.0 Å². The fraction of sp³-hybridized carbons (Fsp3) is 0.467. The number of urea groups is 1. The number of hydrogen-bond donors (Lipinski definition) is 3. The van der Waals surface area contributed by atoms with Crippen molar-refractivity contribution < 1.29 is 19.4 Å².